The number of carbonyl (C=O) groups is 2. The highest BCUT2D eigenvalue weighted by molar-refractivity contribution is 6.01. The second-order valence-electron chi connectivity index (χ2n) is 5.55. The lowest BCUT2D eigenvalue weighted by atomic mass is 9.73. The van der Waals surface area contributed by atoms with Gasteiger partial charge in [-0.3, -0.25) is 14.9 Å². The van der Waals surface area contributed by atoms with Crippen LogP contribution >= 0.6 is 0 Å². The molecule has 1 aromatic rings. The van der Waals surface area contributed by atoms with Crippen molar-refractivity contribution in [1.29, 1.82) is 0 Å². The van der Waals surface area contributed by atoms with Gasteiger partial charge in [0.25, 0.3) is 0 Å². The van der Waals surface area contributed by atoms with Gasteiger partial charge < -0.3 is 0 Å². The molecule has 1 fully saturated rings. The molecule has 0 saturated carbocycles. The maximum Gasteiger partial charge on any atom is 0.234 e. The summed E-state index contributed by atoms with van der Waals surface area (Å²) in [4.78, 5) is 23.8. The van der Waals surface area contributed by atoms with Gasteiger partial charge in [0.15, 0.2) is 0 Å². The number of aryl methyl sites for hydroxylation is 1. The SMILES string of the molecule is CCC(C)C1CC(=O)NC(=O)C1c1ccc(C)cc1. The first kappa shape index (κ1) is 13.8. The molecular weight excluding hydrogens is 238 g/mol. The summed E-state index contributed by atoms with van der Waals surface area (Å²) >= 11 is 0. The molecule has 1 aromatic carbocycles. The highest BCUT2D eigenvalue weighted by Gasteiger charge is 2.39. The fourth-order valence-electron chi connectivity index (χ4n) is 2.80. The topological polar surface area (TPSA) is 46.2 Å². The Morgan fingerprint density at radius 1 is 1.26 bits per heavy atom. The van der Waals surface area contributed by atoms with Gasteiger partial charge in [-0.2, -0.15) is 0 Å². The van der Waals surface area contributed by atoms with E-state index in [1.165, 1.54) is 5.56 Å². The number of hydrogen-bond acceptors (Lipinski definition) is 2. The predicted molar refractivity (Wildman–Crippen MR) is 74.6 cm³/mol. The maximum absolute atomic E-state index is 12.2. The van der Waals surface area contributed by atoms with Crippen molar-refractivity contribution >= 4 is 11.8 Å². The number of piperidine rings is 1. The van der Waals surface area contributed by atoms with Crippen molar-refractivity contribution in [1.82, 2.24) is 5.32 Å². The third-order valence-corrected chi connectivity index (χ3v) is 4.21. The molecule has 1 aliphatic heterocycles. The van der Waals surface area contributed by atoms with E-state index in [2.05, 4.69) is 19.2 Å². The van der Waals surface area contributed by atoms with Crippen molar-refractivity contribution in [3.63, 3.8) is 0 Å². The van der Waals surface area contributed by atoms with Crippen LogP contribution in [-0.2, 0) is 9.59 Å². The summed E-state index contributed by atoms with van der Waals surface area (Å²) in [6, 6.07) is 8.05. The Morgan fingerprint density at radius 3 is 2.47 bits per heavy atom. The summed E-state index contributed by atoms with van der Waals surface area (Å²) in [5.74, 6) is -0.0208. The summed E-state index contributed by atoms with van der Waals surface area (Å²) in [7, 11) is 0. The highest BCUT2D eigenvalue weighted by atomic mass is 16.2. The zero-order valence-corrected chi connectivity index (χ0v) is 11.8. The number of nitrogens with one attached hydrogen (secondary N) is 1. The molecule has 1 heterocycles. The lowest BCUT2D eigenvalue weighted by Gasteiger charge is -2.34. The lowest BCUT2D eigenvalue weighted by Crippen LogP contribution is -2.46. The van der Waals surface area contributed by atoms with Gasteiger partial charge in [-0.15, -0.1) is 0 Å². The largest absolute Gasteiger partial charge is 0.296 e. The number of amides is 2. The average molecular weight is 259 g/mol. The van der Waals surface area contributed by atoms with Gasteiger partial charge in [-0.1, -0.05) is 50.1 Å². The van der Waals surface area contributed by atoms with Crippen LogP contribution in [0.15, 0.2) is 24.3 Å². The van der Waals surface area contributed by atoms with Gasteiger partial charge in [0.05, 0.1) is 5.92 Å². The zero-order chi connectivity index (χ0) is 14.0. The molecule has 2 amide bonds. The standard InChI is InChI=1S/C16H21NO2/c1-4-11(3)13-9-14(18)17-16(19)15(13)12-7-5-10(2)6-8-12/h5-8,11,13,15H,4,9H2,1-3H3,(H,17,18,19). The second-order valence-corrected chi connectivity index (χ2v) is 5.55. The van der Waals surface area contributed by atoms with E-state index in [9.17, 15) is 9.59 Å². The van der Waals surface area contributed by atoms with Crippen LogP contribution in [0.25, 0.3) is 0 Å². The van der Waals surface area contributed by atoms with Gasteiger partial charge in [-0.05, 0) is 24.3 Å². The van der Waals surface area contributed by atoms with E-state index in [4.69, 9.17) is 0 Å². The number of benzene rings is 1. The number of rotatable bonds is 3. The molecule has 0 bridgehead atoms. The van der Waals surface area contributed by atoms with Gasteiger partial charge in [0.2, 0.25) is 11.8 Å². The summed E-state index contributed by atoms with van der Waals surface area (Å²) < 4.78 is 0. The molecule has 0 radical (unpaired) electrons. The van der Waals surface area contributed by atoms with Crippen molar-refractivity contribution in [2.24, 2.45) is 11.8 Å². The first-order valence-corrected chi connectivity index (χ1v) is 6.93. The molecule has 1 saturated heterocycles. The molecule has 0 aromatic heterocycles. The summed E-state index contributed by atoms with van der Waals surface area (Å²) in [6.45, 7) is 6.26. The van der Waals surface area contributed by atoms with E-state index in [0.29, 0.717) is 12.3 Å². The Morgan fingerprint density at radius 2 is 1.89 bits per heavy atom. The summed E-state index contributed by atoms with van der Waals surface area (Å²) in [5, 5.41) is 2.47. The molecule has 3 unspecified atom stereocenters. The van der Waals surface area contributed by atoms with Crippen LogP contribution in [0.4, 0.5) is 0 Å². The van der Waals surface area contributed by atoms with Crippen LogP contribution in [0.3, 0.4) is 0 Å². The van der Waals surface area contributed by atoms with E-state index < -0.39 is 0 Å². The Bertz CT molecular complexity index is 478. The molecule has 1 N–H and O–H groups in total. The molecule has 3 heteroatoms. The van der Waals surface area contributed by atoms with Gasteiger partial charge in [0.1, 0.15) is 0 Å². The summed E-state index contributed by atoms with van der Waals surface area (Å²) in [5.41, 5.74) is 2.19. The first-order chi connectivity index (χ1) is 9.02. The first-order valence-electron chi connectivity index (χ1n) is 6.93. The Labute approximate surface area is 114 Å². The molecule has 0 spiro atoms. The van der Waals surface area contributed by atoms with E-state index in [1.807, 2.05) is 31.2 Å². The molecule has 3 atom stereocenters. The molecule has 19 heavy (non-hydrogen) atoms. The number of carbonyl (C=O) groups excluding carboxylic acids is 2. The number of imide groups is 1. The third-order valence-electron chi connectivity index (χ3n) is 4.21. The highest BCUT2D eigenvalue weighted by Crippen LogP contribution is 2.37. The van der Waals surface area contributed by atoms with Crippen molar-refractivity contribution in [2.75, 3.05) is 0 Å². The fourth-order valence-corrected chi connectivity index (χ4v) is 2.80. The number of hydrogen-bond donors (Lipinski definition) is 1. The van der Waals surface area contributed by atoms with Gasteiger partial charge in [0, 0.05) is 6.42 Å². The van der Waals surface area contributed by atoms with Crippen molar-refractivity contribution < 1.29 is 9.59 Å². The molecule has 102 valence electrons. The van der Waals surface area contributed by atoms with Crippen LogP contribution < -0.4 is 5.32 Å². The normalized spacial score (nSPS) is 25.0. The van der Waals surface area contributed by atoms with Gasteiger partial charge >= 0.3 is 0 Å². The quantitative estimate of drug-likeness (QED) is 0.848. The van der Waals surface area contributed by atoms with Crippen LogP contribution in [0.1, 0.15) is 43.7 Å². The minimum Gasteiger partial charge on any atom is -0.296 e. The zero-order valence-electron chi connectivity index (χ0n) is 11.8. The van der Waals surface area contributed by atoms with Crippen LogP contribution in [0, 0.1) is 18.8 Å². The average Bonchev–Trinajstić information content (AvgIpc) is 2.38. The Hall–Kier alpha value is -1.64. The second kappa shape index (κ2) is 5.55. The van der Waals surface area contributed by atoms with E-state index >= 15 is 0 Å². The van der Waals surface area contributed by atoms with Crippen molar-refractivity contribution in [2.45, 2.75) is 39.5 Å². The molecule has 0 aliphatic carbocycles. The minimum atomic E-state index is -0.201. The fraction of sp³-hybridized carbons (Fsp3) is 0.500. The minimum absolute atomic E-state index is 0.106. The van der Waals surface area contributed by atoms with E-state index in [0.717, 1.165) is 12.0 Å². The Balaban J connectivity index is 2.34. The van der Waals surface area contributed by atoms with Crippen molar-refractivity contribution in [3.8, 4) is 0 Å². The smallest absolute Gasteiger partial charge is 0.234 e. The monoisotopic (exact) mass is 259 g/mol. The predicted octanol–water partition coefficient (Wildman–Crippen LogP) is 2.79. The maximum atomic E-state index is 12.2. The molecular formula is C16H21NO2. The third kappa shape index (κ3) is 2.86. The molecule has 1 aliphatic rings. The molecule has 3 nitrogen and oxygen atoms in total. The van der Waals surface area contributed by atoms with Gasteiger partial charge in [-0.25, -0.2) is 0 Å². The van der Waals surface area contributed by atoms with Crippen LogP contribution in [0.2, 0.25) is 0 Å². The Kier molecular flexibility index (Phi) is 4.03. The summed E-state index contributed by atoms with van der Waals surface area (Å²) in [6.07, 6.45) is 1.42. The lowest BCUT2D eigenvalue weighted by molar-refractivity contribution is -0.137. The van der Waals surface area contributed by atoms with E-state index in [1.54, 1.807) is 0 Å². The van der Waals surface area contributed by atoms with Crippen LogP contribution in [-0.4, -0.2) is 11.8 Å². The van der Waals surface area contributed by atoms with E-state index in [-0.39, 0.29) is 23.7 Å². The van der Waals surface area contributed by atoms with Crippen molar-refractivity contribution in [3.05, 3.63) is 35.4 Å². The molecule has 2 rings (SSSR count). The van der Waals surface area contributed by atoms with Crippen LogP contribution in [0.5, 0.6) is 0 Å².